The van der Waals surface area contributed by atoms with Crippen molar-refractivity contribution >= 4 is 6.09 Å². The molecule has 2 N–H and O–H groups in total. The van der Waals surface area contributed by atoms with Gasteiger partial charge in [-0.3, -0.25) is 0 Å². The van der Waals surface area contributed by atoms with Gasteiger partial charge in [-0.05, 0) is 37.0 Å². The number of aliphatic hydroxyl groups is 1. The van der Waals surface area contributed by atoms with Crippen LogP contribution in [0.1, 0.15) is 46.5 Å². The maximum absolute atomic E-state index is 11.1. The highest BCUT2D eigenvalue weighted by molar-refractivity contribution is 5.65. The van der Waals surface area contributed by atoms with Gasteiger partial charge in [0, 0.05) is 19.2 Å². The van der Waals surface area contributed by atoms with Gasteiger partial charge in [-0.2, -0.15) is 0 Å². The lowest BCUT2D eigenvalue weighted by Crippen LogP contribution is -2.46. The van der Waals surface area contributed by atoms with E-state index >= 15 is 0 Å². The van der Waals surface area contributed by atoms with Crippen molar-refractivity contribution in [2.45, 2.75) is 52.5 Å². The molecule has 0 aromatic heterocycles. The molecule has 4 heteroatoms. The first kappa shape index (κ1) is 14.3. The zero-order valence-electron chi connectivity index (χ0n) is 11.1. The molecular weight excluding hydrogens is 218 g/mol. The summed E-state index contributed by atoms with van der Waals surface area (Å²) in [6.45, 7) is 7.26. The summed E-state index contributed by atoms with van der Waals surface area (Å²) >= 11 is 0. The Balaban J connectivity index is 2.58. The molecule has 1 saturated heterocycles. The SMILES string of the molecule is CC(C)(C)CCC1CC(CO)CCN1C(=O)O. The van der Waals surface area contributed by atoms with Gasteiger partial charge in [0.15, 0.2) is 0 Å². The Morgan fingerprint density at radius 2 is 2.06 bits per heavy atom. The van der Waals surface area contributed by atoms with Gasteiger partial charge in [0.1, 0.15) is 0 Å². The maximum atomic E-state index is 11.1. The van der Waals surface area contributed by atoms with Crippen LogP contribution in [0.2, 0.25) is 0 Å². The number of carboxylic acid groups (broad SMARTS) is 1. The van der Waals surface area contributed by atoms with Gasteiger partial charge in [-0.15, -0.1) is 0 Å². The largest absolute Gasteiger partial charge is 0.465 e. The summed E-state index contributed by atoms with van der Waals surface area (Å²) in [6.07, 6.45) is 2.68. The molecule has 0 saturated carbocycles. The van der Waals surface area contributed by atoms with Gasteiger partial charge in [0.25, 0.3) is 0 Å². The summed E-state index contributed by atoms with van der Waals surface area (Å²) in [7, 11) is 0. The number of aliphatic hydroxyl groups excluding tert-OH is 1. The third-order valence-electron chi connectivity index (χ3n) is 3.56. The van der Waals surface area contributed by atoms with E-state index in [4.69, 9.17) is 5.11 Å². The molecule has 100 valence electrons. The Kier molecular flexibility index (Phi) is 4.80. The molecule has 1 aliphatic rings. The summed E-state index contributed by atoms with van der Waals surface area (Å²) in [5.74, 6) is 0.274. The average molecular weight is 243 g/mol. The number of hydrogen-bond acceptors (Lipinski definition) is 2. The molecule has 1 fully saturated rings. The molecule has 2 atom stereocenters. The molecule has 4 nitrogen and oxygen atoms in total. The van der Waals surface area contributed by atoms with Crippen LogP contribution in [0.3, 0.4) is 0 Å². The van der Waals surface area contributed by atoms with Crippen LogP contribution in [0.4, 0.5) is 4.79 Å². The number of hydrogen-bond donors (Lipinski definition) is 2. The summed E-state index contributed by atoms with van der Waals surface area (Å²) in [5, 5.41) is 18.4. The van der Waals surface area contributed by atoms with Gasteiger partial charge >= 0.3 is 6.09 Å². The Bertz CT molecular complexity index is 260. The molecule has 1 rings (SSSR count). The van der Waals surface area contributed by atoms with E-state index < -0.39 is 6.09 Å². The molecule has 1 heterocycles. The van der Waals surface area contributed by atoms with E-state index in [1.54, 1.807) is 4.90 Å². The minimum atomic E-state index is -0.819. The van der Waals surface area contributed by atoms with E-state index in [0.29, 0.717) is 6.54 Å². The van der Waals surface area contributed by atoms with Crippen LogP contribution in [0.5, 0.6) is 0 Å². The third kappa shape index (κ3) is 4.54. The molecule has 2 unspecified atom stereocenters. The van der Waals surface area contributed by atoms with Crippen LogP contribution in [-0.4, -0.2) is 40.4 Å². The summed E-state index contributed by atoms with van der Waals surface area (Å²) < 4.78 is 0. The highest BCUT2D eigenvalue weighted by Crippen LogP contribution is 2.29. The fraction of sp³-hybridized carbons (Fsp3) is 0.923. The Labute approximate surface area is 104 Å². The van der Waals surface area contributed by atoms with Crippen LogP contribution < -0.4 is 0 Å². The predicted molar refractivity (Wildman–Crippen MR) is 67.0 cm³/mol. The Morgan fingerprint density at radius 1 is 1.41 bits per heavy atom. The number of rotatable bonds is 3. The topological polar surface area (TPSA) is 60.8 Å². The molecule has 0 aliphatic carbocycles. The number of carbonyl (C=O) groups is 1. The van der Waals surface area contributed by atoms with Crippen molar-refractivity contribution in [3.05, 3.63) is 0 Å². The molecule has 0 aromatic carbocycles. The second-order valence-corrected chi connectivity index (χ2v) is 6.30. The van der Waals surface area contributed by atoms with Crippen LogP contribution in [0.15, 0.2) is 0 Å². The van der Waals surface area contributed by atoms with E-state index in [0.717, 1.165) is 25.7 Å². The second kappa shape index (κ2) is 5.71. The zero-order valence-corrected chi connectivity index (χ0v) is 11.1. The predicted octanol–water partition coefficient (Wildman–Crippen LogP) is 2.56. The van der Waals surface area contributed by atoms with E-state index in [1.165, 1.54) is 0 Å². The first-order chi connectivity index (χ1) is 7.83. The molecular formula is C13H25NO3. The smallest absolute Gasteiger partial charge is 0.407 e. The van der Waals surface area contributed by atoms with Crippen molar-refractivity contribution in [2.24, 2.45) is 11.3 Å². The van der Waals surface area contributed by atoms with Gasteiger partial charge in [0.05, 0.1) is 0 Å². The summed E-state index contributed by atoms with van der Waals surface area (Å²) in [5.41, 5.74) is 0.232. The Hall–Kier alpha value is -0.770. The van der Waals surface area contributed by atoms with Crippen molar-refractivity contribution in [1.82, 2.24) is 4.90 Å². The minimum absolute atomic E-state index is 0.0811. The molecule has 0 spiro atoms. The zero-order chi connectivity index (χ0) is 13.1. The number of amides is 1. The number of nitrogens with zero attached hydrogens (tertiary/aromatic N) is 1. The minimum Gasteiger partial charge on any atom is -0.465 e. The molecule has 1 aliphatic heterocycles. The first-order valence-corrected chi connectivity index (χ1v) is 6.44. The lowest BCUT2D eigenvalue weighted by Gasteiger charge is -2.38. The quantitative estimate of drug-likeness (QED) is 0.801. The molecule has 0 bridgehead atoms. The highest BCUT2D eigenvalue weighted by atomic mass is 16.4. The molecule has 0 radical (unpaired) electrons. The van der Waals surface area contributed by atoms with Crippen molar-refractivity contribution in [3.8, 4) is 0 Å². The van der Waals surface area contributed by atoms with Gasteiger partial charge in [0.2, 0.25) is 0 Å². The van der Waals surface area contributed by atoms with Crippen molar-refractivity contribution in [3.63, 3.8) is 0 Å². The lowest BCUT2D eigenvalue weighted by atomic mass is 9.83. The van der Waals surface area contributed by atoms with Crippen molar-refractivity contribution < 1.29 is 15.0 Å². The average Bonchev–Trinajstić information content (AvgIpc) is 2.24. The summed E-state index contributed by atoms with van der Waals surface area (Å²) in [6, 6.07) is 0.0811. The van der Waals surface area contributed by atoms with E-state index in [9.17, 15) is 9.90 Å². The monoisotopic (exact) mass is 243 g/mol. The fourth-order valence-corrected chi connectivity index (χ4v) is 2.43. The number of piperidine rings is 1. The van der Waals surface area contributed by atoms with Crippen LogP contribution in [0, 0.1) is 11.3 Å². The lowest BCUT2D eigenvalue weighted by molar-refractivity contribution is 0.0644. The van der Waals surface area contributed by atoms with E-state index in [2.05, 4.69) is 20.8 Å². The Morgan fingerprint density at radius 3 is 2.53 bits per heavy atom. The standard InChI is InChI=1S/C13H25NO3/c1-13(2,3)6-4-11-8-10(9-15)5-7-14(11)12(16)17/h10-11,15H,4-9H2,1-3H3,(H,16,17). The summed E-state index contributed by atoms with van der Waals surface area (Å²) in [4.78, 5) is 12.7. The van der Waals surface area contributed by atoms with Crippen LogP contribution in [0.25, 0.3) is 0 Å². The molecule has 1 amide bonds. The van der Waals surface area contributed by atoms with E-state index in [1.807, 2.05) is 0 Å². The van der Waals surface area contributed by atoms with Gasteiger partial charge in [-0.1, -0.05) is 20.8 Å². The number of likely N-dealkylation sites (tertiary alicyclic amines) is 1. The van der Waals surface area contributed by atoms with E-state index in [-0.39, 0.29) is 24.0 Å². The van der Waals surface area contributed by atoms with Crippen LogP contribution >= 0.6 is 0 Å². The van der Waals surface area contributed by atoms with Crippen LogP contribution in [-0.2, 0) is 0 Å². The molecule has 17 heavy (non-hydrogen) atoms. The maximum Gasteiger partial charge on any atom is 0.407 e. The van der Waals surface area contributed by atoms with Crippen molar-refractivity contribution in [2.75, 3.05) is 13.2 Å². The van der Waals surface area contributed by atoms with Gasteiger partial charge < -0.3 is 15.1 Å². The van der Waals surface area contributed by atoms with Gasteiger partial charge in [-0.25, -0.2) is 4.79 Å². The van der Waals surface area contributed by atoms with Crippen molar-refractivity contribution in [1.29, 1.82) is 0 Å². The fourth-order valence-electron chi connectivity index (χ4n) is 2.43. The second-order valence-electron chi connectivity index (χ2n) is 6.30. The third-order valence-corrected chi connectivity index (χ3v) is 3.56. The highest BCUT2D eigenvalue weighted by Gasteiger charge is 2.31. The normalized spacial score (nSPS) is 26.0. The first-order valence-electron chi connectivity index (χ1n) is 6.44. The molecule has 0 aromatic rings.